The second-order valence-electron chi connectivity index (χ2n) is 4.59. The summed E-state index contributed by atoms with van der Waals surface area (Å²) in [7, 11) is 1.62. The largest absolute Gasteiger partial charge is 0.508 e. The monoisotopic (exact) mass is 287 g/mol. The molecule has 2 aromatic rings. The fraction of sp³-hybridized carbons (Fsp3) is 0.188. The smallest absolute Gasteiger partial charge is 0.255 e. The van der Waals surface area contributed by atoms with E-state index < -0.39 is 5.91 Å². The quantitative estimate of drug-likeness (QED) is 0.789. The normalized spacial score (nSPS) is 10.3. The van der Waals surface area contributed by atoms with E-state index in [0.29, 0.717) is 18.7 Å². The van der Waals surface area contributed by atoms with Crippen molar-refractivity contribution in [3.05, 3.63) is 53.6 Å². The van der Waals surface area contributed by atoms with Gasteiger partial charge in [-0.1, -0.05) is 18.2 Å². The molecule has 0 bridgehead atoms. The maximum atomic E-state index is 12.2. The summed E-state index contributed by atoms with van der Waals surface area (Å²) in [5.41, 5.74) is 1.83. The molecule has 21 heavy (non-hydrogen) atoms. The average Bonchev–Trinajstić information content (AvgIpc) is 2.45. The number of hydrogen-bond acceptors (Lipinski definition) is 4. The van der Waals surface area contributed by atoms with Crippen molar-refractivity contribution in [3.63, 3.8) is 0 Å². The fourth-order valence-electron chi connectivity index (χ4n) is 1.99. The Morgan fingerprint density at radius 1 is 1.14 bits per heavy atom. The lowest BCUT2D eigenvalue weighted by atomic mass is 10.1. The van der Waals surface area contributed by atoms with Crippen molar-refractivity contribution in [2.75, 3.05) is 19.0 Å². The van der Waals surface area contributed by atoms with E-state index in [0.717, 1.165) is 5.56 Å². The molecule has 0 aliphatic rings. The molecular weight excluding hydrogens is 270 g/mol. The van der Waals surface area contributed by atoms with Crippen LogP contribution in [0.25, 0.3) is 0 Å². The van der Waals surface area contributed by atoms with Crippen LogP contribution in [0.1, 0.15) is 15.9 Å². The van der Waals surface area contributed by atoms with Crippen molar-refractivity contribution in [1.82, 2.24) is 0 Å². The molecular formula is C16H17NO4. The first kappa shape index (κ1) is 14.9. The minimum atomic E-state index is -0.397. The van der Waals surface area contributed by atoms with Crippen LogP contribution >= 0.6 is 0 Å². The number of methoxy groups -OCH3 is 1. The second-order valence-corrected chi connectivity index (χ2v) is 4.59. The first-order valence-electron chi connectivity index (χ1n) is 6.51. The third kappa shape index (κ3) is 3.97. The van der Waals surface area contributed by atoms with E-state index in [1.54, 1.807) is 13.2 Å². The van der Waals surface area contributed by atoms with Gasteiger partial charge in [0.1, 0.15) is 11.5 Å². The number of ether oxygens (including phenoxy) is 1. The third-order valence-electron chi connectivity index (χ3n) is 3.01. The molecule has 0 fully saturated rings. The van der Waals surface area contributed by atoms with Gasteiger partial charge >= 0.3 is 0 Å². The van der Waals surface area contributed by atoms with Gasteiger partial charge in [-0.25, -0.2) is 0 Å². The van der Waals surface area contributed by atoms with Gasteiger partial charge in [-0.3, -0.25) is 4.79 Å². The summed E-state index contributed by atoms with van der Waals surface area (Å²) in [6.07, 6.45) is 0.679. The number of nitrogens with one attached hydrogen (secondary N) is 1. The Bertz CT molecular complexity index is 620. The Morgan fingerprint density at radius 3 is 2.48 bits per heavy atom. The van der Waals surface area contributed by atoms with Gasteiger partial charge in [-0.2, -0.15) is 0 Å². The van der Waals surface area contributed by atoms with Crippen LogP contribution in [0.15, 0.2) is 42.5 Å². The van der Waals surface area contributed by atoms with E-state index >= 15 is 0 Å². The lowest BCUT2D eigenvalue weighted by Gasteiger charge is -2.11. The van der Waals surface area contributed by atoms with Gasteiger partial charge in [-0.15, -0.1) is 0 Å². The minimum Gasteiger partial charge on any atom is -0.508 e. The molecule has 0 unspecified atom stereocenters. The van der Waals surface area contributed by atoms with Crippen molar-refractivity contribution in [2.45, 2.75) is 6.42 Å². The highest BCUT2D eigenvalue weighted by Gasteiger charge is 2.11. The number of hydrogen-bond donors (Lipinski definition) is 3. The maximum Gasteiger partial charge on any atom is 0.255 e. The number of phenols is 2. The maximum absolute atomic E-state index is 12.2. The zero-order chi connectivity index (χ0) is 15.2. The molecule has 0 saturated carbocycles. The Kier molecular flexibility index (Phi) is 4.79. The highest BCUT2D eigenvalue weighted by atomic mass is 16.5. The number of anilines is 1. The van der Waals surface area contributed by atoms with E-state index in [2.05, 4.69) is 5.32 Å². The molecule has 5 heteroatoms. The van der Waals surface area contributed by atoms with Crippen LogP contribution < -0.4 is 5.32 Å². The highest BCUT2D eigenvalue weighted by molar-refractivity contribution is 6.05. The van der Waals surface area contributed by atoms with Gasteiger partial charge in [0.2, 0.25) is 0 Å². The summed E-state index contributed by atoms with van der Waals surface area (Å²) < 4.78 is 5.04. The summed E-state index contributed by atoms with van der Waals surface area (Å²) in [5.74, 6) is -0.716. The molecule has 0 spiro atoms. The first-order valence-corrected chi connectivity index (χ1v) is 6.51. The zero-order valence-corrected chi connectivity index (χ0v) is 11.7. The lowest BCUT2D eigenvalue weighted by molar-refractivity contribution is 0.102. The van der Waals surface area contributed by atoms with E-state index in [-0.39, 0.29) is 17.1 Å². The summed E-state index contributed by atoms with van der Waals surface area (Å²) in [5, 5.41) is 21.6. The van der Waals surface area contributed by atoms with E-state index in [1.165, 1.54) is 18.2 Å². The van der Waals surface area contributed by atoms with Crippen LogP contribution in [0.4, 0.5) is 5.69 Å². The van der Waals surface area contributed by atoms with Crippen molar-refractivity contribution < 1.29 is 19.7 Å². The predicted octanol–water partition coefficient (Wildman–Crippen LogP) is 2.54. The molecule has 0 radical (unpaired) electrons. The number of amides is 1. The van der Waals surface area contributed by atoms with Gasteiger partial charge in [0.05, 0.1) is 6.61 Å². The molecule has 0 aliphatic carbocycles. The summed E-state index contributed by atoms with van der Waals surface area (Å²) in [4.78, 5) is 12.2. The fourth-order valence-corrected chi connectivity index (χ4v) is 1.99. The van der Waals surface area contributed by atoms with Crippen LogP contribution in [0.5, 0.6) is 11.5 Å². The number of para-hydroxylation sites is 1. The molecule has 110 valence electrons. The van der Waals surface area contributed by atoms with Gasteiger partial charge in [0.15, 0.2) is 0 Å². The second kappa shape index (κ2) is 6.76. The predicted molar refractivity (Wildman–Crippen MR) is 79.7 cm³/mol. The van der Waals surface area contributed by atoms with Crippen molar-refractivity contribution >= 4 is 11.6 Å². The van der Waals surface area contributed by atoms with Crippen molar-refractivity contribution in [1.29, 1.82) is 0 Å². The first-order chi connectivity index (χ1) is 10.1. The zero-order valence-electron chi connectivity index (χ0n) is 11.7. The van der Waals surface area contributed by atoms with E-state index in [9.17, 15) is 15.0 Å². The van der Waals surface area contributed by atoms with E-state index in [4.69, 9.17) is 4.74 Å². The van der Waals surface area contributed by atoms with Crippen molar-refractivity contribution in [3.8, 4) is 11.5 Å². The Labute approximate surface area is 122 Å². The Hall–Kier alpha value is -2.53. The summed E-state index contributed by atoms with van der Waals surface area (Å²) in [6, 6.07) is 11.2. The Balaban J connectivity index is 2.19. The SMILES string of the molecule is COCCc1ccccc1NC(=O)c1cc(O)cc(O)c1. The van der Waals surface area contributed by atoms with Gasteiger partial charge in [0.25, 0.3) is 5.91 Å². The number of aromatic hydroxyl groups is 2. The molecule has 2 rings (SSSR count). The Morgan fingerprint density at radius 2 is 1.81 bits per heavy atom. The molecule has 0 aromatic heterocycles. The number of benzene rings is 2. The van der Waals surface area contributed by atoms with Crippen molar-refractivity contribution in [2.24, 2.45) is 0 Å². The standard InChI is InChI=1S/C16H17NO4/c1-21-7-6-11-4-2-3-5-15(11)17-16(20)12-8-13(18)10-14(19)9-12/h2-5,8-10,18-19H,6-7H2,1H3,(H,17,20). The topological polar surface area (TPSA) is 78.8 Å². The van der Waals surface area contributed by atoms with Crippen LogP contribution in [0.2, 0.25) is 0 Å². The number of rotatable bonds is 5. The third-order valence-corrected chi connectivity index (χ3v) is 3.01. The van der Waals surface area contributed by atoms with Crippen LogP contribution in [-0.4, -0.2) is 29.8 Å². The van der Waals surface area contributed by atoms with Crippen LogP contribution in [0.3, 0.4) is 0 Å². The summed E-state index contributed by atoms with van der Waals surface area (Å²) >= 11 is 0. The lowest BCUT2D eigenvalue weighted by Crippen LogP contribution is -2.13. The molecule has 2 aromatic carbocycles. The van der Waals surface area contributed by atoms with Crippen LogP contribution in [0, 0.1) is 0 Å². The average molecular weight is 287 g/mol. The number of phenolic OH excluding ortho intramolecular Hbond substituents is 2. The number of carbonyl (C=O) groups excluding carboxylic acids is 1. The highest BCUT2D eigenvalue weighted by Crippen LogP contribution is 2.22. The van der Waals surface area contributed by atoms with E-state index in [1.807, 2.05) is 18.2 Å². The molecule has 5 nitrogen and oxygen atoms in total. The summed E-state index contributed by atoms with van der Waals surface area (Å²) in [6.45, 7) is 0.555. The molecule has 0 saturated heterocycles. The molecule has 3 N–H and O–H groups in total. The number of carbonyl (C=O) groups is 1. The molecule has 1 amide bonds. The van der Waals surface area contributed by atoms with Gasteiger partial charge < -0.3 is 20.3 Å². The molecule has 0 atom stereocenters. The molecule has 0 aliphatic heterocycles. The van der Waals surface area contributed by atoms with Gasteiger partial charge in [-0.05, 0) is 30.2 Å². The molecule has 0 heterocycles. The van der Waals surface area contributed by atoms with Gasteiger partial charge in [0, 0.05) is 24.4 Å². The van der Waals surface area contributed by atoms with Crippen LogP contribution in [-0.2, 0) is 11.2 Å². The minimum absolute atomic E-state index is 0.159.